The summed E-state index contributed by atoms with van der Waals surface area (Å²) in [7, 11) is 0. The van der Waals surface area contributed by atoms with Crippen molar-refractivity contribution < 1.29 is 0 Å². The quantitative estimate of drug-likeness (QED) is 0.836. The number of nitriles is 1. The lowest BCUT2D eigenvalue weighted by Gasteiger charge is -2.14. The molecule has 0 amide bonds. The number of rotatable bonds is 4. The summed E-state index contributed by atoms with van der Waals surface area (Å²) >= 11 is 0. The third kappa shape index (κ3) is 2.62. The Morgan fingerprint density at radius 3 is 2.81 bits per heavy atom. The second-order valence-electron chi connectivity index (χ2n) is 4.77. The minimum absolute atomic E-state index is 0.152. The van der Waals surface area contributed by atoms with Crippen LogP contribution in [0.2, 0.25) is 0 Å². The van der Waals surface area contributed by atoms with Crippen molar-refractivity contribution in [3.63, 3.8) is 0 Å². The third-order valence-electron chi connectivity index (χ3n) is 3.18. The molecule has 0 spiro atoms. The smallest absolute Gasteiger partial charge is 0.121 e. The van der Waals surface area contributed by atoms with Gasteiger partial charge in [-0.25, -0.2) is 0 Å². The van der Waals surface area contributed by atoms with E-state index in [0.717, 1.165) is 18.0 Å². The van der Waals surface area contributed by atoms with Gasteiger partial charge in [0.1, 0.15) is 6.04 Å². The number of hydrogen-bond donors (Lipinski definition) is 1. The molecule has 1 unspecified atom stereocenters. The molecule has 1 aromatic carbocycles. The lowest BCUT2D eigenvalue weighted by atomic mass is 9.99. The maximum atomic E-state index is 9.22. The van der Waals surface area contributed by atoms with Crippen molar-refractivity contribution in [1.82, 2.24) is 5.32 Å². The molecule has 2 nitrogen and oxygen atoms in total. The molecule has 0 radical (unpaired) electrons. The van der Waals surface area contributed by atoms with Gasteiger partial charge in [-0.05, 0) is 50.3 Å². The van der Waals surface area contributed by atoms with E-state index in [2.05, 4.69) is 43.4 Å². The van der Waals surface area contributed by atoms with E-state index in [4.69, 9.17) is 0 Å². The minimum Gasteiger partial charge on any atom is -0.298 e. The predicted octanol–water partition coefficient (Wildman–Crippen LogP) is 2.87. The van der Waals surface area contributed by atoms with Crippen molar-refractivity contribution in [1.29, 1.82) is 5.26 Å². The zero-order valence-corrected chi connectivity index (χ0v) is 9.96. The van der Waals surface area contributed by atoms with Crippen LogP contribution in [0.1, 0.15) is 35.6 Å². The van der Waals surface area contributed by atoms with E-state index in [1.54, 1.807) is 0 Å². The second-order valence-corrected chi connectivity index (χ2v) is 4.77. The summed E-state index contributed by atoms with van der Waals surface area (Å²) in [6.07, 6.45) is 2.63. The fourth-order valence-corrected chi connectivity index (χ4v) is 1.90. The third-order valence-corrected chi connectivity index (χ3v) is 3.18. The van der Waals surface area contributed by atoms with Crippen molar-refractivity contribution in [3.8, 4) is 6.07 Å². The molecule has 0 aromatic heterocycles. The van der Waals surface area contributed by atoms with Gasteiger partial charge in [0.25, 0.3) is 0 Å². The molecule has 1 aliphatic carbocycles. The highest BCUT2D eigenvalue weighted by molar-refractivity contribution is 5.35. The van der Waals surface area contributed by atoms with Crippen LogP contribution in [-0.2, 0) is 0 Å². The highest BCUT2D eigenvalue weighted by atomic mass is 14.9. The summed E-state index contributed by atoms with van der Waals surface area (Å²) < 4.78 is 0. The van der Waals surface area contributed by atoms with Gasteiger partial charge in [-0.1, -0.05) is 23.8 Å². The maximum absolute atomic E-state index is 9.22. The molecule has 2 rings (SSSR count). The monoisotopic (exact) mass is 214 g/mol. The highest BCUT2D eigenvalue weighted by Gasteiger charge is 2.23. The van der Waals surface area contributed by atoms with Crippen LogP contribution in [0.3, 0.4) is 0 Å². The minimum atomic E-state index is -0.152. The van der Waals surface area contributed by atoms with Crippen LogP contribution in [0, 0.1) is 31.1 Å². The van der Waals surface area contributed by atoms with Crippen molar-refractivity contribution in [2.45, 2.75) is 32.7 Å². The summed E-state index contributed by atoms with van der Waals surface area (Å²) in [5, 5.41) is 12.6. The molecule has 1 aromatic rings. The maximum Gasteiger partial charge on any atom is 0.121 e. The Morgan fingerprint density at radius 1 is 1.44 bits per heavy atom. The standard InChI is InChI=1S/C14H18N2/c1-10-3-4-11(2)13(7-10)14(8-15)16-9-12-5-6-12/h3-4,7,12,14,16H,5-6,9H2,1-2H3. The van der Waals surface area contributed by atoms with Crippen molar-refractivity contribution in [2.24, 2.45) is 5.92 Å². The van der Waals surface area contributed by atoms with E-state index in [-0.39, 0.29) is 6.04 Å². The molecule has 2 heteroatoms. The Kier molecular flexibility index (Phi) is 3.26. The Labute approximate surface area is 97.3 Å². The molecular formula is C14H18N2. The average Bonchev–Trinajstić information content (AvgIpc) is 3.07. The Hall–Kier alpha value is -1.33. The van der Waals surface area contributed by atoms with Gasteiger partial charge in [0.05, 0.1) is 6.07 Å². The molecule has 1 aliphatic rings. The number of hydrogen-bond acceptors (Lipinski definition) is 2. The summed E-state index contributed by atoms with van der Waals surface area (Å²) in [5.74, 6) is 0.806. The van der Waals surface area contributed by atoms with Gasteiger partial charge in [0.2, 0.25) is 0 Å². The highest BCUT2D eigenvalue weighted by Crippen LogP contribution is 2.29. The van der Waals surface area contributed by atoms with Crippen LogP contribution < -0.4 is 5.32 Å². The molecule has 0 aliphatic heterocycles. The van der Waals surface area contributed by atoms with E-state index in [1.165, 1.54) is 24.0 Å². The summed E-state index contributed by atoms with van der Waals surface area (Å²) in [6, 6.07) is 8.50. The molecule has 0 saturated heterocycles. The first-order chi connectivity index (χ1) is 7.70. The molecule has 0 heterocycles. The fraction of sp³-hybridized carbons (Fsp3) is 0.500. The molecule has 0 bridgehead atoms. The average molecular weight is 214 g/mol. The SMILES string of the molecule is Cc1ccc(C)c(C(C#N)NCC2CC2)c1. The zero-order valence-electron chi connectivity index (χ0n) is 9.96. The number of aryl methyl sites for hydroxylation is 2. The lowest BCUT2D eigenvalue weighted by Crippen LogP contribution is -2.23. The van der Waals surface area contributed by atoms with Gasteiger partial charge in [-0.3, -0.25) is 5.32 Å². The van der Waals surface area contributed by atoms with Gasteiger partial charge in [-0.2, -0.15) is 5.26 Å². The normalized spacial score (nSPS) is 16.8. The number of nitrogens with one attached hydrogen (secondary N) is 1. The van der Waals surface area contributed by atoms with E-state index in [1.807, 2.05) is 0 Å². The molecular weight excluding hydrogens is 196 g/mol. The van der Waals surface area contributed by atoms with Crippen LogP contribution in [0.4, 0.5) is 0 Å². The van der Waals surface area contributed by atoms with Crippen molar-refractivity contribution >= 4 is 0 Å². The topological polar surface area (TPSA) is 35.8 Å². The van der Waals surface area contributed by atoms with Crippen molar-refractivity contribution in [2.75, 3.05) is 6.54 Å². The van der Waals surface area contributed by atoms with Crippen LogP contribution in [-0.4, -0.2) is 6.54 Å². The van der Waals surface area contributed by atoms with Crippen LogP contribution >= 0.6 is 0 Å². The second kappa shape index (κ2) is 4.67. The Morgan fingerprint density at radius 2 is 2.19 bits per heavy atom. The predicted molar refractivity (Wildman–Crippen MR) is 65.0 cm³/mol. The van der Waals surface area contributed by atoms with Crippen LogP contribution in [0.25, 0.3) is 0 Å². The number of benzene rings is 1. The Balaban J connectivity index is 2.11. The lowest BCUT2D eigenvalue weighted by molar-refractivity contribution is 0.591. The van der Waals surface area contributed by atoms with Crippen molar-refractivity contribution in [3.05, 3.63) is 34.9 Å². The molecule has 84 valence electrons. The largest absolute Gasteiger partial charge is 0.298 e. The molecule has 1 saturated carbocycles. The van der Waals surface area contributed by atoms with Gasteiger partial charge in [-0.15, -0.1) is 0 Å². The van der Waals surface area contributed by atoms with Gasteiger partial charge >= 0.3 is 0 Å². The van der Waals surface area contributed by atoms with Gasteiger partial charge in [0.15, 0.2) is 0 Å². The first-order valence-corrected chi connectivity index (χ1v) is 5.91. The number of nitrogens with zero attached hydrogens (tertiary/aromatic N) is 1. The first kappa shape index (κ1) is 11.2. The zero-order chi connectivity index (χ0) is 11.5. The van der Waals surface area contributed by atoms with Crippen LogP contribution in [0.5, 0.6) is 0 Å². The van der Waals surface area contributed by atoms with E-state index < -0.39 is 0 Å². The molecule has 1 N–H and O–H groups in total. The summed E-state index contributed by atoms with van der Waals surface area (Å²) in [5.41, 5.74) is 3.54. The molecule has 16 heavy (non-hydrogen) atoms. The Bertz CT molecular complexity index is 413. The van der Waals surface area contributed by atoms with Gasteiger partial charge < -0.3 is 0 Å². The van der Waals surface area contributed by atoms with Crippen LogP contribution in [0.15, 0.2) is 18.2 Å². The van der Waals surface area contributed by atoms with E-state index in [0.29, 0.717) is 0 Å². The van der Waals surface area contributed by atoms with Gasteiger partial charge in [0, 0.05) is 0 Å². The summed E-state index contributed by atoms with van der Waals surface area (Å²) in [4.78, 5) is 0. The van der Waals surface area contributed by atoms with E-state index in [9.17, 15) is 5.26 Å². The first-order valence-electron chi connectivity index (χ1n) is 5.91. The van der Waals surface area contributed by atoms with E-state index >= 15 is 0 Å². The molecule has 1 fully saturated rings. The fourth-order valence-electron chi connectivity index (χ4n) is 1.90. The molecule has 1 atom stereocenters. The summed E-state index contributed by atoms with van der Waals surface area (Å²) in [6.45, 7) is 5.11.